The van der Waals surface area contributed by atoms with E-state index in [0.717, 1.165) is 33.4 Å². The van der Waals surface area contributed by atoms with Crippen LogP contribution < -0.4 is 16.0 Å². The number of anilines is 2. The van der Waals surface area contributed by atoms with E-state index in [2.05, 4.69) is 25.3 Å². The molecule has 1 aliphatic rings. The maximum Gasteiger partial charge on any atom is 0.232 e. The van der Waals surface area contributed by atoms with Crippen molar-refractivity contribution in [3.63, 3.8) is 0 Å². The highest BCUT2D eigenvalue weighted by atomic mass is 35.5. The summed E-state index contributed by atoms with van der Waals surface area (Å²) in [6.07, 6.45) is 5.89. The number of amides is 1. The number of rotatable bonds is 6. The Morgan fingerprint density at radius 2 is 2.16 bits per heavy atom. The van der Waals surface area contributed by atoms with Crippen LogP contribution in [0.25, 0.3) is 22.1 Å². The number of H-pyrrole nitrogens is 1. The van der Waals surface area contributed by atoms with Gasteiger partial charge in [0.15, 0.2) is 10.3 Å². The third kappa shape index (κ3) is 4.61. The first-order valence-electron chi connectivity index (χ1n) is 11.7. The van der Waals surface area contributed by atoms with Crippen molar-refractivity contribution >= 4 is 73.6 Å². The lowest BCUT2D eigenvalue weighted by Crippen LogP contribution is -2.37. The van der Waals surface area contributed by atoms with E-state index in [4.69, 9.17) is 27.3 Å². The maximum atomic E-state index is 13.0. The number of hydrogen-bond donors (Lipinski definition) is 3. The highest BCUT2D eigenvalue weighted by molar-refractivity contribution is 7.99. The van der Waals surface area contributed by atoms with Crippen molar-refractivity contribution in [2.75, 3.05) is 23.3 Å². The molecule has 1 aliphatic heterocycles. The van der Waals surface area contributed by atoms with Crippen molar-refractivity contribution in [3.05, 3.63) is 52.9 Å². The fraction of sp³-hybridized carbons (Fsp3) is 0.250. The van der Waals surface area contributed by atoms with Crippen molar-refractivity contribution in [2.24, 2.45) is 11.7 Å². The molecule has 6 rings (SSSR count). The molecular weight excluding hydrogens is 530 g/mol. The van der Waals surface area contributed by atoms with Crippen LogP contribution in [-0.4, -0.2) is 54.9 Å². The summed E-state index contributed by atoms with van der Waals surface area (Å²) in [7, 11) is 0. The number of carbonyl (C=O) groups excluding carboxylic acids is 1. The van der Waals surface area contributed by atoms with Gasteiger partial charge >= 0.3 is 0 Å². The summed E-state index contributed by atoms with van der Waals surface area (Å²) in [6, 6.07) is 5.36. The molecule has 2 atom stereocenters. The van der Waals surface area contributed by atoms with E-state index in [-0.39, 0.29) is 11.9 Å². The van der Waals surface area contributed by atoms with Crippen molar-refractivity contribution in [1.29, 1.82) is 0 Å². The van der Waals surface area contributed by atoms with E-state index in [1.165, 1.54) is 23.1 Å². The molecule has 6 heterocycles. The van der Waals surface area contributed by atoms with E-state index in [1.807, 2.05) is 35.4 Å². The number of nitrogens with zero attached hydrogens (tertiary/aromatic N) is 6. The van der Waals surface area contributed by atoms with Gasteiger partial charge in [0.2, 0.25) is 5.91 Å². The molecule has 0 spiro atoms. The summed E-state index contributed by atoms with van der Waals surface area (Å²) >= 11 is 9.53. The topological polar surface area (TPSA) is 139 Å². The minimum atomic E-state index is -0.427. The lowest BCUT2D eigenvalue weighted by Gasteiger charge is -2.19. The highest BCUT2D eigenvalue weighted by Gasteiger charge is 2.37. The molecule has 5 aromatic heterocycles. The first kappa shape index (κ1) is 24.0. The molecule has 0 radical (unpaired) electrons. The van der Waals surface area contributed by atoms with Gasteiger partial charge in [-0.1, -0.05) is 18.5 Å². The average molecular weight is 552 g/mol. The Kier molecular flexibility index (Phi) is 6.41. The molecule has 13 heteroatoms. The Bertz CT molecular complexity index is 1610. The second kappa shape index (κ2) is 9.86. The van der Waals surface area contributed by atoms with Gasteiger partial charge in [-0.15, -0.1) is 11.3 Å². The van der Waals surface area contributed by atoms with Gasteiger partial charge in [0, 0.05) is 53.7 Å². The molecule has 0 aromatic carbocycles. The van der Waals surface area contributed by atoms with Crippen LogP contribution in [-0.2, 0) is 11.2 Å². The number of hydrogen-bond acceptors (Lipinski definition) is 10. The van der Waals surface area contributed by atoms with Crippen LogP contribution in [0.2, 0.25) is 5.02 Å². The zero-order chi connectivity index (χ0) is 25.5. The van der Waals surface area contributed by atoms with Crippen molar-refractivity contribution in [2.45, 2.75) is 29.4 Å². The number of nitrogens with two attached hydrogens (primary N) is 1. The van der Waals surface area contributed by atoms with Gasteiger partial charge in [-0.3, -0.25) is 14.8 Å². The Balaban J connectivity index is 1.35. The van der Waals surface area contributed by atoms with Crippen LogP contribution in [0.5, 0.6) is 0 Å². The van der Waals surface area contributed by atoms with Gasteiger partial charge in [0.05, 0.1) is 27.4 Å². The first-order valence-corrected chi connectivity index (χ1v) is 13.7. The Morgan fingerprint density at radius 3 is 2.97 bits per heavy atom. The number of thiazole rings is 1. The number of nitrogens with one attached hydrogen (secondary N) is 2. The molecule has 37 heavy (non-hydrogen) atoms. The van der Waals surface area contributed by atoms with Gasteiger partial charge < -0.3 is 20.9 Å². The lowest BCUT2D eigenvalue weighted by atomic mass is 10.0. The number of pyridine rings is 2. The van der Waals surface area contributed by atoms with Crippen molar-refractivity contribution in [3.8, 4) is 0 Å². The fourth-order valence-electron chi connectivity index (χ4n) is 4.45. The summed E-state index contributed by atoms with van der Waals surface area (Å²) in [5.41, 5.74) is 9.58. The fourth-order valence-corrected chi connectivity index (χ4v) is 6.09. The quantitative estimate of drug-likeness (QED) is 0.266. The molecule has 1 fully saturated rings. The summed E-state index contributed by atoms with van der Waals surface area (Å²) in [5, 5.41) is 7.08. The summed E-state index contributed by atoms with van der Waals surface area (Å²) in [4.78, 5) is 41.9. The van der Waals surface area contributed by atoms with Crippen molar-refractivity contribution < 1.29 is 4.79 Å². The van der Waals surface area contributed by atoms with Gasteiger partial charge in [-0.25, -0.2) is 15.0 Å². The Morgan fingerprint density at radius 1 is 1.27 bits per heavy atom. The van der Waals surface area contributed by atoms with Crippen LogP contribution >= 0.6 is 34.7 Å². The van der Waals surface area contributed by atoms with Crippen LogP contribution in [0.3, 0.4) is 0 Å². The molecule has 188 valence electrons. The molecule has 1 amide bonds. The number of aromatic amines is 1. The number of fused-ring (bicyclic) bond motifs is 2. The third-order valence-electron chi connectivity index (χ3n) is 6.28. The minimum Gasteiger partial charge on any atom is -0.353 e. The largest absolute Gasteiger partial charge is 0.353 e. The standard InChI is InChI=1S/C24H22ClN9OS2/c1-2-15-19(25)18-20(30-15)31-24(37-12-8-17-16(29-9-12)4-3-5-27-17)32-21(18)34-10-13(14(26)11-34)22(35)33-23-28-6-7-36-23/h3-9,13-14H,2,10-11,26H2,1H3,(H,28,33,35)(H,30,31,32)/t13-,14?/m1/s1. The number of halogens is 1. The van der Waals surface area contributed by atoms with E-state index >= 15 is 0 Å². The van der Waals surface area contributed by atoms with Crippen LogP contribution in [0.4, 0.5) is 10.9 Å². The predicted molar refractivity (Wildman–Crippen MR) is 146 cm³/mol. The summed E-state index contributed by atoms with van der Waals surface area (Å²) < 4.78 is 0. The predicted octanol–water partition coefficient (Wildman–Crippen LogP) is 4.13. The normalized spacial score (nSPS) is 17.6. The Labute approximate surface area is 225 Å². The molecule has 1 saturated heterocycles. The molecule has 0 aliphatic carbocycles. The molecular formula is C24H22ClN9OS2. The van der Waals surface area contributed by atoms with E-state index in [1.54, 1.807) is 18.6 Å². The van der Waals surface area contributed by atoms with Gasteiger partial charge in [-0.05, 0) is 36.4 Å². The SMILES string of the molecule is CCc1[nH]c2nc(Sc3cnc4cccnc4c3)nc(N3CC(N)[C@H](C(=O)Nc4nccs4)C3)c2c1Cl. The highest BCUT2D eigenvalue weighted by Crippen LogP contribution is 2.38. The average Bonchev–Trinajstić information content (AvgIpc) is 3.63. The van der Waals surface area contributed by atoms with Gasteiger partial charge in [0.25, 0.3) is 0 Å². The molecule has 5 aromatic rings. The molecule has 4 N–H and O–H groups in total. The maximum absolute atomic E-state index is 13.0. The number of carbonyl (C=O) groups is 1. The smallest absolute Gasteiger partial charge is 0.232 e. The van der Waals surface area contributed by atoms with Crippen LogP contribution in [0.15, 0.2) is 52.2 Å². The monoisotopic (exact) mass is 551 g/mol. The first-order chi connectivity index (χ1) is 18.0. The minimum absolute atomic E-state index is 0.158. The Hall–Kier alpha value is -3.32. The summed E-state index contributed by atoms with van der Waals surface area (Å²) in [6.45, 7) is 2.88. The van der Waals surface area contributed by atoms with Gasteiger partial charge in [-0.2, -0.15) is 0 Å². The van der Waals surface area contributed by atoms with E-state index < -0.39 is 5.92 Å². The zero-order valence-corrected chi connectivity index (χ0v) is 22.1. The second-order valence-electron chi connectivity index (χ2n) is 8.64. The third-order valence-corrected chi connectivity index (χ3v) is 8.21. The molecule has 0 bridgehead atoms. The zero-order valence-electron chi connectivity index (χ0n) is 19.7. The molecule has 10 nitrogen and oxygen atoms in total. The van der Waals surface area contributed by atoms with E-state index in [0.29, 0.717) is 39.9 Å². The van der Waals surface area contributed by atoms with Gasteiger partial charge in [0.1, 0.15) is 11.5 Å². The van der Waals surface area contributed by atoms with Crippen LogP contribution in [0, 0.1) is 5.92 Å². The van der Waals surface area contributed by atoms with E-state index in [9.17, 15) is 4.79 Å². The molecule has 1 unspecified atom stereocenters. The lowest BCUT2D eigenvalue weighted by molar-refractivity contribution is -0.119. The number of aromatic nitrogens is 6. The molecule has 0 saturated carbocycles. The van der Waals surface area contributed by atoms with Crippen LogP contribution in [0.1, 0.15) is 12.6 Å². The van der Waals surface area contributed by atoms with Crippen molar-refractivity contribution in [1.82, 2.24) is 29.9 Å². The number of aryl methyl sites for hydroxylation is 1. The second-order valence-corrected chi connectivity index (χ2v) is 11.0. The summed E-state index contributed by atoms with van der Waals surface area (Å²) in [5.74, 6) is 0.0680.